The first-order valence-corrected chi connectivity index (χ1v) is 11.3. The van der Waals surface area contributed by atoms with Crippen molar-refractivity contribution >= 4 is 38.1 Å². The zero-order valence-electron chi connectivity index (χ0n) is 15.6. The van der Waals surface area contributed by atoms with Crippen molar-refractivity contribution in [1.82, 2.24) is 4.98 Å². The van der Waals surface area contributed by atoms with E-state index in [9.17, 15) is 17.6 Å². The van der Waals surface area contributed by atoms with Gasteiger partial charge in [0.25, 0.3) is 15.9 Å². The van der Waals surface area contributed by atoms with Crippen LogP contribution >= 0.6 is 11.3 Å². The molecule has 0 aliphatic carbocycles. The monoisotopic (exact) mass is 431 g/mol. The average Bonchev–Trinajstić information content (AvgIpc) is 3.11. The van der Waals surface area contributed by atoms with Gasteiger partial charge in [0, 0.05) is 23.2 Å². The highest BCUT2D eigenvalue weighted by Gasteiger charge is 2.26. The zero-order valence-corrected chi connectivity index (χ0v) is 17.2. The lowest BCUT2D eigenvalue weighted by Crippen LogP contribution is -2.35. The summed E-state index contributed by atoms with van der Waals surface area (Å²) in [6.45, 7) is 2.31. The third-order valence-corrected chi connectivity index (χ3v) is 7.00. The van der Waals surface area contributed by atoms with Crippen LogP contribution in [0.1, 0.15) is 28.0 Å². The molecule has 3 aromatic rings. The van der Waals surface area contributed by atoms with Gasteiger partial charge < -0.3 is 4.90 Å². The normalized spacial score (nSPS) is 13.8. The number of aryl methyl sites for hydroxylation is 2. The van der Waals surface area contributed by atoms with Crippen LogP contribution in [0.15, 0.2) is 52.7 Å². The molecule has 1 aliphatic rings. The molecule has 1 N–H and O–H groups in total. The molecule has 0 saturated heterocycles. The number of amides is 1. The smallest absolute Gasteiger partial charge is 0.263 e. The summed E-state index contributed by atoms with van der Waals surface area (Å²) in [4.78, 5) is 18.7. The molecule has 0 bridgehead atoms. The molecule has 9 heteroatoms. The molecule has 29 heavy (non-hydrogen) atoms. The second-order valence-corrected chi connectivity index (χ2v) is 9.30. The number of nitrogens with zero attached hydrogens (tertiary/aromatic N) is 2. The number of rotatable bonds is 4. The Balaban J connectivity index is 1.63. The van der Waals surface area contributed by atoms with Crippen LogP contribution in [0.2, 0.25) is 0 Å². The van der Waals surface area contributed by atoms with Gasteiger partial charge in [0.1, 0.15) is 5.82 Å². The number of carbonyl (C=O) groups excluding carboxylic acids is 1. The summed E-state index contributed by atoms with van der Waals surface area (Å²) in [5.74, 6) is -0.642. The van der Waals surface area contributed by atoms with Crippen LogP contribution in [-0.2, 0) is 16.4 Å². The van der Waals surface area contributed by atoms with Crippen molar-refractivity contribution in [2.75, 3.05) is 16.2 Å². The SMILES string of the molecule is Cc1csc(NS(=O)(=O)c2ccc3c(c2)CCCN3C(=O)c2ccc(F)cc2)n1. The summed E-state index contributed by atoms with van der Waals surface area (Å²) in [5, 5.41) is 2.08. The van der Waals surface area contributed by atoms with Gasteiger partial charge in [0.2, 0.25) is 0 Å². The van der Waals surface area contributed by atoms with Gasteiger partial charge in [-0.25, -0.2) is 17.8 Å². The first kappa shape index (κ1) is 19.5. The van der Waals surface area contributed by atoms with Crippen molar-refractivity contribution in [3.05, 3.63) is 70.5 Å². The largest absolute Gasteiger partial charge is 0.308 e. The van der Waals surface area contributed by atoms with Gasteiger partial charge >= 0.3 is 0 Å². The molecular formula is C20H18FN3O3S2. The maximum absolute atomic E-state index is 13.2. The Morgan fingerprint density at radius 2 is 1.97 bits per heavy atom. The van der Waals surface area contributed by atoms with Crippen LogP contribution in [0.25, 0.3) is 0 Å². The standard InChI is InChI=1S/C20H18FN3O3S2/c1-13-12-28-20(22-13)23-29(26,27)17-8-9-18-15(11-17)3-2-10-24(18)19(25)14-4-6-16(21)7-5-14/h4-9,11-12H,2-3,10H2,1H3,(H,22,23). The molecule has 0 spiro atoms. The molecule has 0 fully saturated rings. The molecule has 0 atom stereocenters. The maximum atomic E-state index is 13.2. The predicted octanol–water partition coefficient (Wildman–Crippen LogP) is 3.98. The van der Waals surface area contributed by atoms with Gasteiger partial charge in [-0.1, -0.05) is 0 Å². The van der Waals surface area contributed by atoms with Crippen LogP contribution in [0, 0.1) is 12.7 Å². The number of anilines is 2. The fourth-order valence-corrected chi connectivity index (χ4v) is 5.27. The highest BCUT2D eigenvalue weighted by Crippen LogP contribution is 2.31. The second-order valence-electron chi connectivity index (χ2n) is 6.76. The third kappa shape index (κ3) is 4.01. The fourth-order valence-electron chi connectivity index (χ4n) is 3.27. The highest BCUT2D eigenvalue weighted by molar-refractivity contribution is 7.93. The average molecular weight is 432 g/mol. The Morgan fingerprint density at radius 3 is 2.66 bits per heavy atom. The molecule has 0 radical (unpaired) electrons. The number of hydrogen-bond donors (Lipinski definition) is 1. The van der Waals surface area contributed by atoms with Crippen LogP contribution in [0.5, 0.6) is 0 Å². The topological polar surface area (TPSA) is 79.4 Å². The molecule has 0 unspecified atom stereocenters. The molecule has 0 saturated carbocycles. The molecule has 1 aliphatic heterocycles. The molecule has 2 aromatic carbocycles. The van der Waals surface area contributed by atoms with Crippen LogP contribution < -0.4 is 9.62 Å². The number of fused-ring (bicyclic) bond motifs is 1. The van der Waals surface area contributed by atoms with E-state index in [0.717, 1.165) is 11.3 Å². The number of nitrogens with one attached hydrogen (secondary N) is 1. The molecule has 6 nitrogen and oxygen atoms in total. The zero-order chi connectivity index (χ0) is 20.6. The minimum Gasteiger partial charge on any atom is -0.308 e. The summed E-state index contributed by atoms with van der Waals surface area (Å²) < 4.78 is 41.1. The number of carbonyl (C=O) groups is 1. The second kappa shape index (κ2) is 7.57. The van der Waals surface area contributed by atoms with Crippen LogP contribution in [-0.4, -0.2) is 25.9 Å². The van der Waals surface area contributed by atoms with Gasteiger partial charge in [-0.3, -0.25) is 9.52 Å². The summed E-state index contributed by atoms with van der Waals surface area (Å²) >= 11 is 1.22. The molecule has 150 valence electrons. The fraction of sp³-hybridized carbons (Fsp3) is 0.200. The van der Waals surface area contributed by atoms with E-state index >= 15 is 0 Å². The van der Waals surface area contributed by atoms with E-state index in [0.29, 0.717) is 35.8 Å². The van der Waals surface area contributed by atoms with E-state index in [1.165, 1.54) is 41.7 Å². The summed E-state index contributed by atoms with van der Waals surface area (Å²) in [6, 6.07) is 10.1. The van der Waals surface area contributed by atoms with Crippen molar-refractivity contribution in [1.29, 1.82) is 0 Å². The summed E-state index contributed by atoms with van der Waals surface area (Å²) in [7, 11) is -3.78. The number of aromatic nitrogens is 1. The molecular weight excluding hydrogens is 413 g/mol. The lowest BCUT2D eigenvalue weighted by molar-refractivity contribution is 0.0985. The van der Waals surface area contributed by atoms with Crippen molar-refractivity contribution in [3.63, 3.8) is 0 Å². The molecule has 1 amide bonds. The van der Waals surface area contributed by atoms with Crippen molar-refractivity contribution in [2.45, 2.75) is 24.7 Å². The maximum Gasteiger partial charge on any atom is 0.263 e. The minimum atomic E-state index is -3.78. The number of thiazole rings is 1. The number of hydrogen-bond acceptors (Lipinski definition) is 5. The van der Waals surface area contributed by atoms with E-state index in [-0.39, 0.29) is 10.8 Å². The third-order valence-electron chi connectivity index (χ3n) is 4.66. The van der Waals surface area contributed by atoms with Crippen molar-refractivity contribution in [3.8, 4) is 0 Å². The van der Waals surface area contributed by atoms with Gasteiger partial charge in [-0.15, -0.1) is 11.3 Å². The quantitative estimate of drug-likeness (QED) is 0.678. The lowest BCUT2D eigenvalue weighted by atomic mass is 10.0. The van der Waals surface area contributed by atoms with Crippen molar-refractivity contribution in [2.24, 2.45) is 0 Å². The predicted molar refractivity (Wildman–Crippen MR) is 110 cm³/mol. The minimum absolute atomic E-state index is 0.125. The molecule has 1 aromatic heterocycles. The van der Waals surface area contributed by atoms with Crippen molar-refractivity contribution < 1.29 is 17.6 Å². The number of halogens is 1. The van der Waals surface area contributed by atoms with E-state index in [2.05, 4.69) is 9.71 Å². The van der Waals surface area contributed by atoms with Gasteiger partial charge in [-0.05, 0) is 67.8 Å². The van der Waals surface area contributed by atoms with Gasteiger partial charge in [0.05, 0.1) is 10.6 Å². The Kier molecular flexibility index (Phi) is 5.10. The Morgan fingerprint density at radius 1 is 1.21 bits per heavy atom. The Hall–Kier alpha value is -2.78. The van der Waals surface area contributed by atoms with E-state index in [1.54, 1.807) is 29.3 Å². The van der Waals surface area contributed by atoms with Gasteiger partial charge in [0.15, 0.2) is 5.13 Å². The van der Waals surface area contributed by atoms with Gasteiger partial charge in [-0.2, -0.15) is 0 Å². The number of sulfonamides is 1. The van der Waals surface area contributed by atoms with Crippen LogP contribution in [0.4, 0.5) is 15.2 Å². The molecule has 2 heterocycles. The number of benzene rings is 2. The highest BCUT2D eigenvalue weighted by atomic mass is 32.2. The van der Waals surface area contributed by atoms with E-state index in [4.69, 9.17) is 0 Å². The lowest BCUT2D eigenvalue weighted by Gasteiger charge is -2.30. The van der Waals surface area contributed by atoms with E-state index < -0.39 is 15.8 Å². The Bertz CT molecular complexity index is 1170. The Labute approximate surface area is 172 Å². The first-order valence-electron chi connectivity index (χ1n) is 8.99. The van der Waals surface area contributed by atoms with Crippen LogP contribution in [0.3, 0.4) is 0 Å². The van der Waals surface area contributed by atoms with E-state index in [1.807, 2.05) is 0 Å². The summed E-state index contributed by atoms with van der Waals surface area (Å²) in [5.41, 5.74) is 2.59. The first-order chi connectivity index (χ1) is 13.8. The molecule has 4 rings (SSSR count). The summed E-state index contributed by atoms with van der Waals surface area (Å²) in [6.07, 6.45) is 1.38.